The van der Waals surface area contributed by atoms with Crippen LogP contribution in [0.1, 0.15) is 0 Å². The summed E-state index contributed by atoms with van der Waals surface area (Å²) in [7, 11) is 0. The molecule has 67 heavy (non-hydrogen) atoms. The number of furan rings is 1. The molecule has 0 saturated carbocycles. The number of fused-ring (bicyclic) bond motifs is 13. The molecule has 0 radical (unpaired) electrons. The number of rotatable bonds is 5. The number of halogens is 1. The van der Waals surface area contributed by atoms with Gasteiger partial charge in [-0.1, -0.05) is 182 Å². The normalized spacial score (nSPS) is 12.0. The molecule has 312 valence electrons. The first-order chi connectivity index (χ1) is 33.1. The first-order valence-electron chi connectivity index (χ1n) is 22.4. The zero-order valence-electron chi connectivity index (χ0n) is 35.8. The van der Waals surface area contributed by atoms with Crippen LogP contribution in [0.15, 0.2) is 211 Å². The molecule has 14 aromatic rings. The number of para-hydroxylation sites is 1. The van der Waals surface area contributed by atoms with Crippen LogP contribution in [-0.4, -0.2) is 19.9 Å². The molecule has 0 aliphatic rings. The van der Waals surface area contributed by atoms with Crippen LogP contribution < -0.4 is 0 Å². The van der Waals surface area contributed by atoms with Gasteiger partial charge in [-0.15, -0.1) is 0 Å². The number of nitrogens with zero attached hydrogens (tertiary/aromatic N) is 3. The van der Waals surface area contributed by atoms with Gasteiger partial charge in [0.2, 0.25) is 5.28 Å². The number of hydrogen-bond donors (Lipinski definition) is 1. The highest BCUT2D eigenvalue weighted by atomic mass is 35.5. The van der Waals surface area contributed by atoms with Gasteiger partial charge in [-0.25, -0.2) is 4.98 Å². The van der Waals surface area contributed by atoms with Crippen LogP contribution in [0.4, 0.5) is 0 Å². The Balaban J connectivity index is 0.827. The lowest BCUT2D eigenvalue weighted by Crippen LogP contribution is -1.97. The zero-order valence-corrected chi connectivity index (χ0v) is 36.5. The van der Waals surface area contributed by atoms with Crippen molar-refractivity contribution >= 4 is 98.4 Å². The number of benzene rings is 11. The molecule has 0 amide bonds. The lowest BCUT2D eigenvalue weighted by Gasteiger charge is -2.10. The van der Waals surface area contributed by atoms with E-state index < -0.39 is 0 Å². The molecule has 3 heterocycles. The Bertz CT molecular complexity index is 4340. The van der Waals surface area contributed by atoms with E-state index in [4.69, 9.17) is 21.0 Å². The molecule has 6 heteroatoms. The molecule has 3 aromatic heterocycles. The lowest BCUT2D eigenvalue weighted by molar-refractivity contribution is 0.670. The molecular weight excluding hydrogens is 840 g/mol. The van der Waals surface area contributed by atoms with Gasteiger partial charge < -0.3 is 9.40 Å². The molecule has 0 aliphatic heterocycles. The van der Waals surface area contributed by atoms with Gasteiger partial charge in [0, 0.05) is 49.2 Å². The van der Waals surface area contributed by atoms with Crippen molar-refractivity contribution in [1.82, 2.24) is 19.9 Å². The van der Waals surface area contributed by atoms with Gasteiger partial charge in [0.05, 0.1) is 11.0 Å². The standard InChI is InChI=1S/C61H35ClN4O/c62-61-65-59(64-60(66-61)43-29-26-35-10-1-2-11-40(35)32-43)39-27-24-37(25-28-39)36-20-22-38(23-21-36)41-30-31-47-52-33-42-12-3-4-13-44(42)55(58(52)67-53(47)34-41)51-19-9-18-50-54-48-16-7-5-14-45(48)46-15-6-8-17-49(46)57(54)63-56(50)51/h1-34,63H. The van der Waals surface area contributed by atoms with Crippen molar-refractivity contribution in [3.63, 3.8) is 0 Å². The molecule has 0 unspecified atom stereocenters. The lowest BCUT2D eigenvalue weighted by atomic mass is 9.93. The molecule has 11 aromatic carbocycles. The summed E-state index contributed by atoms with van der Waals surface area (Å²) >= 11 is 6.46. The molecule has 14 rings (SSSR count). The van der Waals surface area contributed by atoms with E-state index in [2.05, 4.69) is 191 Å². The molecule has 0 atom stereocenters. The molecular formula is C61H35ClN4O. The summed E-state index contributed by atoms with van der Waals surface area (Å²) in [6.45, 7) is 0. The average Bonchev–Trinajstić information content (AvgIpc) is 3.97. The second-order valence-corrected chi connectivity index (χ2v) is 17.7. The quantitative estimate of drug-likeness (QED) is 0.175. The molecule has 1 N–H and O–H groups in total. The van der Waals surface area contributed by atoms with E-state index in [0.717, 1.165) is 93.6 Å². The second-order valence-electron chi connectivity index (χ2n) is 17.3. The number of hydrogen-bond acceptors (Lipinski definition) is 4. The van der Waals surface area contributed by atoms with Crippen molar-refractivity contribution in [1.29, 1.82) is 0 Å². The maximum atomic E-state index is 7.03. The van der Waals surface area contributed by atoms with Crippen molar-refractivity contribution in [3.05, 3.63) is 212 Å². The van der Waals surface area contributed by atoms with E-state index in [1.165, 1.54) is 37.7 Å². The minimum absolute atomic E-state index is 0.161. The van der Waals surface area contributed by atoms with Crippen molar-refractivity contribution in [2.75, 3.05) is 0 Å². The third kappa shape index (κ3) is 5.99. The smallest absolute Gasteiger partial charge is 0.226 e. The van der Waals surface area contributed by atoms with Gasteiger partial charge in [-0.05, 0) is 95.8 Å². The summed E-state index contributed by atoms with van der Waals surface area (Å²) in [6.07, 6.45) is 0. The first kappa shape index (κ1) is 37.7. The van der Waals surface area contributed by atoms with Crippen LogP contribution in [0.2, 0.25) is 5.28 Å². The van der Waals surface area contributed by atoms with Crippen LogP contribution >= 0.6 is 11.6 Å². The largest absolute Gasteiger partial charge is 0.455 e. The number of aromatic amines is 1. The Kier molecular flexibility index (Phi) is 8.27. The van der Waals surface area contributed by atoms with E-state index in [1.807, 2.05) is 30.3 Å². The predicted molar refractivity (Wildman–Crippen MR) is 279 cm³/mol. The van der Waals surface area contributed by atoms with Gasteiger partial charge in [0.15, 0.2) is 11.6 Å². The average molecular weight is 875 g/mol. The SMILES string of the molecule is Clc1nc(-c2ccc(-c3ccc(-c4ccc5c(c4)oc4c(-c6cccc7c6[nH]c6c8ccccc8c8ccccc8c76)c6ccccc6cc45)cc3)cc2)nc(-c2ccc3ccccc3c2)n1. The van der Waals surface area contributed by atoms with Crippen LogP contribution in [0, 0.1) is 0 Å². The van der Waals surface area contributed by atoms with E-state index in [0.29, 0.717) is 11.6 Å². The minimum atomic E-state index is 0.161. The summed E-state index contributed by atoms with van der Waals surface area (Å²) in [4.78, 5) is 17.7. The molecule has 0 aliphatic carbocycles. The van der Waals surface area contributed by atoms with Crippen molar-refractivity contribution < 1.29 is 4.42 Å². The Labute approximate surface area is 388 Å². The topological polar surface area (TPSA) is 67.6 Å². The van der Waals surface area contributed by atoms with Gasteiger partial charge in [0.25, 0.3) is 0 Å². The van der Waals surface area contributed by atoms with E-state index in [9.17, 15) is 0 Å². The number of nitrogens with one attached hydrogen (secondary N) is 1. The Morgan fingerprint density at radius 1 is 0.358 bits per heavy atom. The molecule has 0 fully saturated rings. The summed E-state index contributed by atoms with van der Waals surface area (Å²) in [5.74, 6) is 1.07. The zero-order chi connectivity index (χ0) is 44.2. The Morgan fingerprint density at radius 3 is 1.69 bits per heavy atom. The monoisotopic (exact) mass is 874 g/mol. The number of aromatic nitrogens is 4. The summed E-state index contributed by atoms with van der Waals surface area (Å²) in [6, 6.07) is 73.1. The van der Waals surface area contributed by atoms with E-state index in [1.54, 1.807) is 0 Å². The highest BCUT2D eigenvalue weighted by molar-refractivity contribution is 6.33. The van der Waals surface area contributed by atoms with Crippen molar-refractivity contribution in [2.45, 2.75) is 0 Å². The Morgan fingerprint density at radius 2 is 0.925 bits per heavy atom. The van der Waals surface area contributed by atoms with Gasteiger partial charge in [-0.3, -0.25) is 0 Å². The summed E-state index contributed by atoms with van der Waals surface area (Å²) < 4.78 is 7.03. The molecule has 0 bridgehead atoms. The molecule has 0 saturated heterocycles. The van der Waals surface area contributed by atoms with Crippen LogP contribution in [0.25, 0.3) is 143 Å². The maximum absolute atomic E-state index is 7.03. The first-order valence-corrected chi connectivity index (χ1v) is 22.8. The predicted octanol–water partition coefficient (Wildman–Crippen LogP) is 17.0. The van der Waals surface area contributed by atoms with Crippen LogP contribution in [-0.2, 0) is 0 Å². The second kappa shape index (κ2) is 14.7. The third-order valence-electron chi connectivity index (χ3n) is 13.6. The molecule has 5 nitrogen and oxygen atoms in total. The van der Waals surface area contributed by atoms with Crippen molar-refractivity contribution in [2.24, 2.45) is 0 Å². The van der Waals surface area contributed by atoms with E-state index >= 15 is 0 Å². The van der Waals surface area contributed by atoms with Gasteiger partial charge >= 0.3 is 0 Å². The highest BCUT2D eigenvalue weighted by Crippen LogP contribution is 2.47. The fraction of sp³-hybridized carbons (Fsp3) is 0. The maximum Gasteiger partial charge on any atom is 0.226 e. The van der Waals surface area contributed by atoms with Crippen LogP contribution in [0.3, 0.4) is 0 Å². The third-order valence-corrected chi connectivity index (χ3v) is 13.8. The minimum Gasteiger partial charge on any atom is -0.455 e. The molecule has 0 spiro atoms. The Hall–Kier alpha value is -8.64. The van der Waals surface area contributed by atoms with Gasteiger partial charge in [0.1, 0.15) is 11.2 Å². The van der Waals surface area contributed by atoms with Crippen molar-refractivity contribution in [3.8, 4) is 56.2 Å². The van der Waals surface area contributed by atoms with Gasteiger partial charge in [-0.2, -0.15) is 9.97 Å². The highest BCUT2D eigenvalue weighted by Gasteiger charge is 2.22. The summed E-state index contributed by atoms with van der Waals surface area (Å²) in [5, 5.41) is 14.4. The fourth-order valence-electron chi connectivity index (χ4n) is 10.4. The number of H-pyrrole nitrogens is 1. The van der Waals surface area contributed by atoms with Crippen LogP contribution in [0.5, 0.6) is 0 Å². The fourth-order valence-corrected chi connectivity index (χ4v) is 10.6. The van der Waals surface area contributed by atoms with E-state index in [-0.39, 0.29) is 5.28 Å². The summed E-state index contributed by atoms with van der Waals surface area (Å²) in [5.41, 5.74) is 12.4.